The van der Waals surface area contributed by atoms with Crippen molar-refractivity contribution in [3.63, 3.8) is 0 Å². The number of carbonyl (C=O) groups excluding carboxylic acids is 1. The van der Waals surface area contributed by atoms with Gasteiger partial charge in [0.25, 0.3) is 0 Å². The number of carbonyl (C=O) groups is 1. The average molecular weight is 297 g/mol. The van der Waals surface area contributed by atoms with Crippen LogP contribution in [0.2, 0.25) is 0 Å². The van der Waals surface area contributed by atoms with E-state index < -0.39 is 23.0 Å². The lowest BCUT2D eigenvalue weighted by atomic mass is 10.1. The molecule has 1 aromatic rings. The highest BCUT2D eigenvalue weighted by atomic mass is 79.9. The van der Waals surface area contributed by atoms with Gasteiger partial charge in [0.15, 0.2) is 5.78 Å². The minimum atomic E-state index is -3.02. The van der Waals surface area contributed by atoms with E-state index in [9.17, 15) is 18.0 Å². The van der Waals surface area contributed by atoms with Crippen LogP contribution in [0.5, 0.6) is 5.75 Å². The predicted octanol–water partition coefficient (Wildman–Crippen LogP) is 3.39. The van der Waals surface area contributed by atoms with E-state index in [-0.39, 0.29) is 11.3 Å². The molecule has 0 fully saturated rings. The fourth-order valence-electron chi connectivity index (χ4n) is 1.09. The minimum absolute atomic E-state index is 0.161. The Hall–Kier alpha value is -1.04. The Balaban J connectivity index is 2.96. The SMILES string of the molecule is CC(Br)C(=O)c1ccc(OC(F)F)cc1F. The van der Waals surface area contributed by atoms with Crippen LogP contribution >= 0.6 is 15.9 Å². The maximum Gasteiger partial charge on any atom is 0.387 e. The Morgan fingerprint density at radius 2 is 2.06 bits per heavy atom. The zero-order valence-corrected chi connectivity index (χ0v) is 9.80. The van der Waals surface area contributed by atoms with E-state index in [1.165, 1.54) is 0 Å². The molecule has 88 valence electrons. The van der Waals surface area contributed by atoms with Crippen molar-refractivity contribution < 1.29 is 22.7 Å². The van der Waals surface area contributed by atoms with Gasteiger partial charge in [-0.25, -0.2) is 4.39 Å². The molecule has 0 amide bonds. The molecule has 0 saturated carbocycles. The molecule has 0 saturated heterocycles. The van der Waals surface area contributed by atoms with E-state index in [4.69, 9.17) is 0 Å². The van der Waals surface area contributed by atoms with Gasteiger partial charge < -0.3 is 4.74 Å². The third-order valence-corrected chi connectivity index (χ3v) is 2.21. The summed E-state index contributed by atoms with van der Waals surface area (Å²) < 4.78 is 41.0. The molecule has 6 heteroatoms. The Bertz CT molecular complexity index is 394. The van der Waals surface area contributed by atoms with Crippen molar-refractivity contribution in [2.45, 2.75) is 18.4 Å². The summed E-state index contributed by atoms with van der Waals surface area (Å²) in [4.78, 5) is 10.9. The number of rotatable bonds is 4. The van der Waals surface area contributed by atoms with Crippen LogP contribution < -0.4 is 4.74 Å². The van der Waals surface area contributed by atoms with Crippen molar-refractivity contribution in [2.24, 2.45) is 0 Å². The summed E-state index contributed by atoms with van der Waals surface area (Å²) in [6, 6.07) is 3.00. The second kappa shape index (κ2) is 5.34. The van der Waals surface area contributed by atoms with Gasteiger partial charge in [-0.2, -0.15) is 8.78 Å². The Morgan fingerprint density at radius 3 is 2.50 bits per heavy atom. The molecule has 0 N–H and O–H groups in total. The third-order valence-electron chi connectivity index (χ3n) is 1.79. The molecule has 1 atom stereocenters. The van der Waals surface area contributed by atoms with Crippen LogP contribution in [0, 0.1) is 5.82 Å². The summed E-state index contributed by atoms with van der Waals surface area (Å²) >= 11 is 3.00. The summed E-state index contributed by atoms with van der Waals surface area (Å²) in [5.41, 5.74) is -0.161. The molecule has 0 aliphatic heterocycles. The van der Waals surface area contributed by atoms with Crippen molar-refractivity contribution >= 4 is 21.7 Å². The molecular formula is C10H8BrF3O2. The van der Waals surface area contributed by atoms with Crippen molar-refractivity contribution in [1.82, 2.24) is 0 Å². The average Bonchev–Trinajstić information content (AvgIpc) is 2.15. The Kier molecular flexibility index (Phi) is 4.35. The topological polar surface area (TPSA) is 26.3 Å². The molecule has 16 heavy (non-hydrogen) atoms. The molecular weight excluding hydrogens is 289 g/mol. The van der Waals surface area contributed by atoms with Crippen LogP contribution in [0.3, 0.4) is 0 Å². The van der Waals surface area contributed by atoms with Crippen LogP contribution in [0.15, 0.2) is 18.2 Å². The van der Waals surface area contributed by atoms with E-state index in [0.29, 0.717) is 0 Å². The quantitative estimate of drug-likeness (QED) is 0.629. The van der Waals surface area contributed by atoms with Gasteiger partial charge in [-0.15, -0.1) is 0 Å². The first kappa shape index (κ1) is 13.0. The fraction of sp³-hybridized carbons (Fsp3) is 0.300. The fourth-order valence-corrected chi connectivity index (χ4v) is 1.33. The number of ketones is 1. The highest BCUT2D eigenvalue weighted by Crippen LogP contribution is 2.20. The van der Waals surface area contributed by atoms with Crippen LogP contribution in [-0.4, -0.2) is 17.2 Å². The van der Waals surface area contributed by atoms with Gasteiger partial charge in [-0.3, -0.25) is 4.79 Å². The molecule has 0 radical (unpaired) electrons. The van der Waals surface area contributed by atoms with Crippen molar-refractivity contribution in [3.8, 4) is 5.75 Å². The first-order chi connectivity index (χ1) is 7.41. The van der Waals surface area contributed by atoms with Crippen molar-refractivity contribution in [1.29, 1.82) is 0 Å². The second-order valence-electron chi connectivity index (χ2n) is 3.00. The number of hydrogen-bond acceptors (Lipinski definition) is 2. The lowest BCUT2D eigenvalue weighted by Gasteiger charge is -2.07. The molecule has 0 bridgehead atoms. The second-order valence-corrected chi connectivity index (χ2v) is 4.37. The molecule has 1 rings (SSSR count). The van der Waals surface area contributed by atoms with Crippen LogP contribution in [-0.2, 0) is 0 Å². The largest absolute Gasteiger partial charge is 0.435 e. The van der Waals surface area contributed by atoms with E-state index >= 15 is 0 Å². The van der Waals surface area contributed by atoms with Crippen LogP contribution in [0.4, 0.5) is 13.2 Å². The maximum atomic E-state index is 13.3. The molecule has 0 aliphatic rings. The van der Waals surface area contributed by atoms with E-state index in [2.05, 4.69) is 20.7 Å². The number of Topliss-reactive ketones (excluding diaryl/α,β-unsaturated/α-hetero) is 1. The summed E-state index contributed by atoms with van der Waals surface area (Å²) in [5.74, 6) is -1.65. The standard InChI is InChI=1S/C10H8BrF3O2/c1-5(11)9(15)7-3-2-6(4-8(7)12)16-10(13)14/h2-5,10H,1H3. The zero-order chi connectivity index (χ0) is 12.3. The molecule has 1 unspecified atom stereocenters. The van der Waals surface area contributed by atoms with Crippen LogP contribution in [0.1, 0.15) is 17.3 Å². The summed E-state index contributed by atoms with van der Waals surface area (Å²) in [6.45, 7) is -1.47. The smallest absolute Gasteiger partial charge is 0.387 e. The minimum Gasteiger partial charge on any atom is -0.435 e. The highest BCUT2D eigenvalue weighted by molar-refractivity contribution is 9.10. The van der Waals surface area contributed by atoms with E-state index in [1.54, 1.807) is 6.92 Å². The molecule has 0 aromatic heterocycles. The van der Waals surface area contributed by atoms with Crippen molar-refractivity contribution in [3.05, 3.63) is 29.6 Å². The van der Waals surface area contributed by atoms with Gasteiger partial charge in [-0.05, 0) is 19.1 Å². The number of hydrogen-bond donors (Lipinski definition) is 0. The summed E-state index contributed by atoms with van der Waals surface area (Å²) in [6.07, 6.45) is 0. The molecule has 0 aliphatic carbocycles. The Labute approximate surface area is 98.5 Å². The Morgan fingerprint density at radius 1 is 1.44 bits per heavy atom. The number of alkyl halides is 3. The van der Waals surface area contributed by atoms with Gasteiger partial charge in [-0.1, -0.05) is 15.9 Å². The zero-order valence-electron chi connectivity index (χ0n) is 8.22. The van der Waals surface area contributed by atoms with Gasteiger partial charge in [0, 0.05) is 6.07 Å². The molecule has 0 heterocycles. The monoisotopic (exact) mass is 296 g/mol. The van der Waals surface area contributed by atoms with Gasteiger partial charge >= 0.3 is 6.61 Å². The highest BCUT2D eigenvalue weighted by Gasteiger charge is 2.17. The van der Waals surface area contributed by atoms with Crippen LogP contribution in [0.25, 0.3) is 0 Å². The summed E-state index contributed by atoms with van der Waals surface area (Å²) in [7, 11) is 0. The summed E-state index contributed by atoms with van der Waals surface area (Å²) in [5, 5.41) is 0. The lowest BCUT2D eigenvalue weighted by Crippen LogP contribution is -2.12. The first-order valence-corrected chi connectivity index (χ1v) is 5.26. The number of benzene rings is 1. The van der Waals surface area contributed by atoms with Gasteiger partial charge in [0.2, 0.25) is 0 Å². The van der Waals surface area contributed by atoms with Crippen molar-refractivity contribution in [2.75, 3.05) is 0 Å². The van der Waals surface area contributed by atoms with Gasteiger partial charge in [0.1, 0.15) is 11.6 Å². The normalized spacial score (nSPS) is 12.6. The van der Waals surface area contributed by atoms with E-state index in [1.807, 2.05) is 0 Å². The lowest BCUT2D eigenvalue weighted by molar-refractivity contribution is -0.0499. The number of halogens is 4. The molecule has 2 nitrogen and oxygen atoms in total. The predicted molar refractivity (Wildman–Crippen MR) is 55.8 cm³/mol. The number of ether oxygens (including phenoxy) is 1. The van der Waals surface area contributed by atoms with Gasteiger partial charge in [0.05, 0.1) is 10.4 Å². The molecule has 1 aromatic carbocycles. The third kappa shape index (κ3) is 3.23. The first-order valence-electron chi connectivity index (χ1n) is 4.34. The maximum absolute atomic E-state index is 13.3. The molecule has 0 spiro atoms. The van der Waals surface area contributed by atoms with E-state index in [0.717, 1.165) is 18.2 Å².